The van der Waals surface area contributed by atoms with Crippen LogP contribution in [0.15, 0.2) is 44.1 Å². The first-order valence-electron chi connectivity index (χ1n) is 5.23. The van der Waals surface area contributed by atoms with Crippen molar-refractivity contribution in [3.05, 3.63) is 40.6 Å². The van der Waals surface area contributed by atoms with Gasteiger partial charge in [0.2, 0.25) is 9.84 Å². The van der Waals surface area contributed by atoms with Gasteiger partial charge in [0.25, 0.3) is 0 Å². The van der Waals surface area contributed by atoms with Gasteiger partial charge in [-0.15, -0.1) is 0 Å². The summed E-state index contributed by atoms with van der Waals surface area (Å²) >= 11 is 3.10. The third kappa shape index (κ3) is 2.66. The van der Waals surface area contributed by atoms with E-state index in [0.29, 0.717) is 17.6 Å². The van der Waals surface area contributed by atoms with E-state index in [4.69, 9.17) is 4.42 Å². The van der Waals surface area contributed by atoms with Gasteiger partial charge in [-0.1, -0.05) is 0 Å². The fourth-order valence-electron chi connectivity index (χ4n) is 1.54. The molecule has 1 heterocycles. The molecule has 0 aliphatic carbocycles. The van der Waals surface area contributed by atoms with Crippen LogP contribution in [0.25, 0.3) is 11.3 Å². The van der Waals surface area contributed by atoms with Crippen molar-refractivity contribution in [1.29, 1.82) is 0 Å². The van der Waals surface area contributed by atoms with Crippen molar-refractivity contribution in [3.63, 3.8) is 0 Å². The molecule has 106 valence electrons. The first-order valence-corrected chi connectivity index (χ1v) is 7.57. The molecule has 0 atom stereocenters. The largest absolute Gasteiger partial charge is 0.453 e. The highest BCUT2D eigenvalue weighted by atomic mass is 79.9. The average Bonchev–Trinajstić information content (AvgIpc) is 2.86. The molecule has 0 radical (unpaired) electrons. The third-order valence-electron chi connectivity index (χ3n) is 2.51. The highest BCUT2D eigenvalue weighted by Gasteiger charge is 2.27. The maximum atomic E-state index is 12.4. The molecule has 0 fully saturated rings. The van der Waals surface area contributed by atoms with E-state index >= 15 is 0 Å². The molecule has 1 aromatic heterocycles. The molecule has 0 aliphatic heterocycles. The molecule has 0 saturated carbocycles. The first-order chi connectivity index (χ1) is 9.36. The fourth-order valence-corrected chi connectivity index (χ4v) is 3.01. The molecule has 0 amide bonds. The van der Waals surface area contributed by atoms with Gasteiger partial charge < -0.3 is 4.42 Å². The Balaban J connectivity index is 2.48. The Labute approximate surface area is 121 Å². The second-order valence-electron chi connectivity index (χ2n) is 3.77. The van der Waals surface area contributed by atoms with Gasteiger partial charge in [0, 0.05) is 10.0 Å². The predicted octanol–water partition coefficient (Wildman–Crippen LogP) is 3.52. The van der Waals surface area contributed by atoms with Crippen LogP contribution in [0.5, 0.6) is 0 Å². The van der Waals surface area contributed by atoms with E-state index in [1.807, 2.05) is 0 Å². The summed E-state index contributed by atoms with van der Waals surface area (Å²) in [6.07, 6.45) is 0.521. The second-order valence-corrected chi connectivity index (χ2v) is 6.54. The molecule has 2 rings (SSSR count). The van der Waals surface area contributed by atoms with Crippen LogP contribution in [0.2, 0.25) is 0 Å². The number of hydrogen-bond donors (Lipinski definition) is 0. The number of halogens is 3. The Morgan fingerprint density at radius 3 is 2.40 bits per heavy atom. The van der Waals surface area contributed by atoms with Crippen LogP contribution in [-0.2, 0) is 9.84 Å². The lowest BCUT2D eigenvalue weighted by Gasteiger charge is -2.06. The Kier molecular flexibility index (Phi) is 4.05. The number of sulfone groups is 1. The van der Waals surface area contributed by atoms with Gasteiger partial charge in [-0.3, -0.25) is 4.79 Å². The minimum absolute atomic E-state index is 0.108. The number of rotatable bonds is 4. The van der Waals surface area contributed by atoms with Crippen LogP contribution in [0.1, 0.15) is 10.6 Å². The van der Waals surface area contributed by atoms with Crippen LogP contribution in [0.4, 0.5) is 8.78 Å². The molecule has 0 aliphatic rings. The van der Waals surface area contributed by atoms with Gasteiger partial charge in [0.1, 0.15) is 5.76 Å². The highest BCUT2D eigenvalue weighted by molar-refractivity contribution is 9.10. The van der Waals surface area contributed by atoms with Gasteiger partial charge in [-0.2, -0.15) is 8.78 Å². The van der Waals surface area contributed by atoms with Crippen LogP contribution in [-0.4, -0.2) is 20.5 Å². The molecule has 0 spiro atoms. The van der Waals surface area contributed by atoms with E-state index in [1.165, 1.54) is 18.2 Å². The quantitative estimate of drug-likeness (QED) is 0.778. The summed E-state index contributed by atoms with van der Waals surface area (Å²) in [6.45, 7) is 0. The SMILES string of the molecule is O=Cc1ccc(-c2ccc(S(=O)(=O)C(F)F)cc2Br)o1. The number of alkyl halides is 2. The summed E-state index contributed by atoms with van der Waals surface area (Å²) in [5, 5.41) is 0. The summed E-state index contributed by atoms with van der Waals surface area (Å²) in [6, 6.07) is 6.42. The number of carbonyl (C=O) groups is 1. The zero-order valence-corrected chi connectivity index (χ0v) is 12.1. The number of carbonyl (C=O) groups excluding carboxylic acids is 1. The smallest absolute Gasteiger partial charge is 0.341 e. The predicted molar refractivity (Wildman–Crippen MR) is 70.4 cm³/mol. The van der Waals surface area contributed by atoms with Gasteiger partial charge in [0.05, 0.1) is 4.90 Å². The number of furan rings is 1. The molecule has 20 heavy (non-hydrogen) atoms. The van der Waals surface area contributed by atoms with E-state index in [-0.39, 0.29) is 10.2 Å². The van der Waals surface area contributed by atoms with Crippen molar-refractivity contribution in [2.24, 2.45) is 0 Å². The monoisotopic (exact) mass is 364 g/mol. The maximum absolute atomic E-state index is 12.4. The van der Waals surface area contributed by atoms with Crippen LogP contribution in [0.3, 0.4) is 0 Å². The number of aldehydes is 1. The highest BCUT2D eigenvalue weighted by Crippen LogP contribution is 2.32. The zero-order valence-electron chi connectivity index (χ0n) is 9.72. The molecular weight excluding hydrogens is 358 g/mol. The van der Waals surface area contributed by atoms with Crippen molar-refractivity contribution in [3.8, 4) is 11.3 Å². The maximum Gasteiger partial charge on any atom is 0.341 e. The number of hydrogen-bond acceptors (Lipinski definition) is 4. The van der Waals surface area contributed by atoms with Crippen molar-refractivity contribution in [1.82, 2.24) is 0 Å². The molecule has 0 saturated heterocycles. The minimum Gasteiger partial charge on any atom is -0.453 e. The van der Waals surface area contributed by atoms with E-state index < -0.39 is 20.5 Å². The lowest BCUT2D eigenvalue weighted by atomic mass is 10.2. The normalized spacial score (nSPS) is 11.8. The van der Waals surface area contributed by atoms with Crippen molar-refractivity contribution < 1.29 is 26.4 Å². The second kappa shape index (κ2) is 5.45. The molecule has 2 aromatic rings. The standard InChI is InChI=1S/C12H7BrF2O4S/c13-10-5-8(20(17,18)12(14)15)2-3-9(10)11-4-1-7(6-16)19-11/h1-6,12H. The Hall–Kier alpha value is -1.54. The lowest BCUT2D eigenvalue weighted by Crippen LogP contribution is -2.11. The molecule has 0 unspecified atom stereocenters. The van der Waals surface area contributed by atoms with Crippen molar-refractivity contribution in [2.45, 2.75) is 10.7 Å². The van der Waals surface area contributed by atoms with Gasteiger partial charge in [0.15, 0.2) is 12.0 Å². The molecule has 0 N–H and O–H groups in total. The van der Waals surface area contributed by atoms with E-state index in [9.17, 15) is 22.0 Å². The van der Waals surface area contributed by atoms with E-state index in [0.717, 1.165) is 12.1 Å². The minimum atomic E-state index is -4.65. The fraction of sp³-hybridized carbons (Fsp3) is 0.0833. The topological polar surface area (TPSA) is 64.3 Å². The van der Waals surface area contributed by atoms with Gasteiger partial charge in [-0.05, 0) is 46.3 Å². The summed E-state index contributed by atoms with van der Waals surface area (Å²) in [5.74, 6) is -3.05. The molecule has 4 nitrogen and oxygen atoms in total. The zero-order chi connectivity index (χ0) is 14.9. The molecular formula is C12H7BrF2O4S. The Bertz CT molecular complexity index is 753. The lowest BCUT2D eigenvalue weighted by molar-refractivity contribution is 0.110. The van der Waals surface area contributed by atoms with Crippen LogP contribution in [0, 0.1) is 0 Å². The first kappa shape index (κ1) is 14.9. The van der Waals surface area contributed by atoms with Gasteiger partial charge in [-0.25, -0.2) is 8.42 Å². The van der Waals surface area contributed by atoms with Crippen molar-refractivity contribution in [2.75, 3.05) is 0 Å². The van der Waals surface area contributed by atoms with Crippen molar-refractivity contribution >= 4 is 32.1 Å². The summed E-state index contributed by atoms with van der Waals surface area (Å²) in [4.78, 5) is 10.0. The molecule has 1 aromatic carbocycles. The Morgan fingerprint density at radius 1 is 1.20 bits per heavy atom. The number of benzene rings is 1. The van der Waals surface area contributed by atoms with Gasteiger partial charge >= 0.3 is 5.76 Å². The van der Waals surface area contributed by atoms with Crippen LogP contribution < -0.4 is 0 Å². The average molecular weight is 365 g/mol. The van der Waals surface area contributed by atoms with E-state index in [2.05, 4.69) is 15.9 Å². The van der Waals surface area contributed by atoms with Crippen LogP contribution >= 0.6 is 15.9 Å². The van der Waals surface area contributed by atoms with E-state index in [1.54, 1.807) is 0 Å². The molecule has 0 bridgehead atoms. The summed E-state index contributed by atoms with van der Waals surface area (Å²) in [7, 11) is -4.65. The summed E-state index contributed by atoms with van der Waals surface area (Å²) in [5.41, 5.74) is 0.450. The Morgan fingerprint density at radius 2 is 1.90 bits per heavy atom. The molecule has 8 heteroatoms. The third-order valence-corrected chi connectivity index (χ3v) is 4.55. The summed E-state index contributed by atoms with van der Waals surface area (Å²) < 4.78 is 53.0.